The maximum absolute atomic E-state index is 8.46. The summed E-state index contributed by atoms with van der Waals surface area (Å²) in [5, 5.41) is 8.85. The zero-order valence-electron chi connectivity index (χ0n) is 6.67. The second kappa shape index (κ2) is 4.56. The van der Waals surface area contributed by atoms with E-state index in [1.807, 2.05) is 6.07 Å². The molecular weight excluding hydrogens is 253 g/mol. The van der Waals surface area contributed by atoms with Crippen molar-refractivity contribution >= 4 is 27.5 Å². The van der Waals surface area contributed by atoms with Crippen molar-refractivity contribution in [3.05, 3.63) is 27.5 Å². The largest absolute Gasteiger partial charge is 0.323 e. The fourth-order valence-corrected chi connectivity index (χ4v) is 1.60. The van der Waals surface area contributed by atoms with Crippen molar-refractivity contribution in [2.24, 2.45) is 5.73 Å². The first kappa shape index (κ1) is 10.5. The van der Waals surface area contributed by atoms with E-state index in [0.29, 0.717) is 5.15 Å². The Bertz CT molecular complexity index is 348. The van der Waals surface area contributed by atoms with Crippen molar-refractivity contribution < 1.29 is 0 Å². The highest BCUT2D eigenvalue weighted by Crippen LogP contribution is 2.25. The van der Waals surface area contributed by atoms with Gasteiger partial charge in [0, 0.05) is 16.7 Å². The smallest absolute Gasteiger partial charge is 0.129 e. The van der Waals surface area contributed by atoms with Crippen molar-refractivity contribution in [2.75, 3.05) is 0 Å². The Morgan fingerprint density at radius 1 is 1.77 bits per heavy atom. The first-order valence-corrected chi connectivity index (χ1v) is 4.75. The van der Waals surface area contributed by atoms with Crippen LogP contribution >= 0.6 is 27.5 Å². The van der Waals surface area contributed by atoms with E-state index < -0.39 is 0 Å². The Morgan fingerprint density at radius 2 is 2.46 bits per heavy atom. The molecule has 0 aromatic carbocycles. The van der Waals surface area contributed by atoms with Crippen LogP contribution in [-0.4, -0.2) is 4.98 Å². The standard InChI is InChI=1S/C8H7BrClN3/c9-6-4-13-8(10)3-5(6)7(12)1-2-11/h3-4,7H,1,12H2. The number of nitrogens with two attached hydrogens (primary N) is 1. The lowest BCUT2D eigenvalue weighted by molar-refractivity contribution is 0.742. The molecule has 2 N–H and O–H groups in total. The van der Waals surface area contributed by atoms with Crippen LogP contribution in [0.2, 0.25) is 5.15 Å². The average Bonchev–Trinajstić information content (AvgIpc) is 2.09. The van der Waals surface area contributed by atoms with Crippen molar-refractivity contribution in [1.82, 2.24) is 4.98 Å². The molecule has 0 saturated carbocycles. The third kappa shape index (κ3) is 2.66. The number of nitriles is 1. The Labute approximate surface area is 89.6 Å². The van der Waals surface area contributed by atoms with Crippen LogP contribution in [0.1, 0.15) is 18.0 Å². The highest BCUT2D eigenvalue weighted by Gasteiger charge is 2.10. The van der Waals surface area contributed by atoms with Gasteiger partial charge in [0.25, 0.3) is 0 Å². The van der Waals surface area contributed by atoms with Gasteiger partial charge in [0.05, 0.1) is 12.5 Å². The molecule has 1 rings (SSSR count). The molecule has 0 aliphatic carbocycles. The summed E-state index contributed by atoms with van der Waals surface area (Å²) in [6.45, 7) is 0. The molecule has 1 aromatic rings. The number of aromatic nitrogens is 1. The van der Waals surface area contributed by atoms with Gasteiger partial charge in [0.15, 0.2) is 0 Å². The topological polar surface area (TPSA) is 62.7 Å². The summed E-state index contributed by atoms with van der Waals surface area (Å²) in [4.78, 5) is 3.86. The lowest BCUT2D eigenvalue weighted by Gasteiger charge is -2.09. The molecule has 68 valence electrons. The highest BCUT2D eigenvalue weighted by atomic mass is 79.9. The first-order valence-electron chi connectivity index (χ1n) is 3.58. The van der Waals surface area contributed by atoms with Crippen LogP contribution in [0.15, 0.2) is 16.7 Å². The summed E-state index contributed by atoms with van der Waals surface area (Å²) >= 11 is 8.98. The second-order valence-corrected chi connectivity index (χ2v) is 3.74. The Morgan fingerprint density at radius 3 is 3.08 bits per heavy atom. The number of rotatable bonds is 2. The second-order valence-electron chi connectivity index (χ2n) is 2.50. The van der Waals surface area contributed by atoms with Crippen molar-refractivity contribution in [3.8, 4) is 6.07 Å². The molecule has 1 aromatic heterocycles. The van der Waals surface area contributed by atoms with Crippen LogP contribution in [0.5, 0.6) is 0 Å². The third-order valence-electron chi connectivity index (χ3n) is 1.56. The van der Waals surface area contributed by atoms with E-state index in [2.05, 4.69) is 20.9 Å². The summed E-state index contributed by atoms with van der Waals surface area (Å²) in [6.07, 6.45) is 1.84. The molecule has 1 heterocycles. The molecule has 1 atom stereocenters. The number of hydrogen-bond donors (Lipinski definition) is 1. The number of pyridine rings is 1. The van der Waals surface area contributed by atoms with Crippen molar-refractivity contribution in [3.63, 3.8) is 0 Å². The SMILES string of the molecule is N#CCC(N)c1cc(Cl)ncc1Br. The molecule has 0 spiro atoms. The molecule has 0 aliphatic rings. The van der Waals surface area contributed by atoms with Gasteiger partial charge in [-0.2, -0.15) is 5.26 Å². The van der Waals surface area contributed by atoms with Gasteiger partial charge >= 0.3 is 0 Å². The fraction of sp³-hybridized carbons (Fsp3) is 0.250. The summed E-state index contributed by atoms with van der Waals surface area (Å²) in [5.41, 5.74) is 6.54. The third-order valence-corrected chi connectivity index (χ3v) is 2.43. The van der Waals surface area contributed by atoms with Gasteiger partial charge in [-0.25, -0.2) is 4.98 Å². The molecule has 0 saturated heterocycles. The summed E-state index contributed by atoms with van der Waals surface area (Å²) in [7, 11) is 0. The van der Waals surface area contributed by atoms with E-state index >= 15 is 0 Å². The molecule has 0 radical (unpaired) electrons. The van der Waals surface area contributed by atoms with Crippen LogP contribution in [-0.2, 0) is 0 Å². The highest BCUT2D eigenvalue weighted by molar-refractivity contribution is 9.10. The van der Waals surface area contributed by atoms with E-state index in [1.54, 1.807) is 12.3 Å². The van der Waals surface area contributed by atoms with Gasteiger partial charge in [0.2, 0.25) is 0 Å². The molecule has 13 heavy (non-hydrogen) atoms. The normalized spacial score (nSPS) is 12.2. The van der Waals surface area contributed by atoms with Gasteiger partial charge in [-0.3, -0.25) is 0 Å². The minimum absolute atomic E-state index is 0.263. The van der Waals surface area contributed by atoms with Crippen LogP contribution in [0, 0.1) is 11.3 Å². The predicted molar refractivity (Wildman–Crippen MR) is 54.1 cm³/mol. The van der Waals surface area contributed by atoms with Crippen LogP contribution < -0.4 is 5.73 Å². The maximum Gasteiger partial charge on any atom is 0.129 e. The van der Waals surface area contributed by atoms with Crippen LogP contribution in [0.3, 0.4) is 0 Å². The quantitative estimate of drug-likeness (QED) is 0.831. The van der Waals surface area contributed by atoms with Gasteiger partial charge in [-0.05, 0) is 27.6 Å². The molecule has 3 nitrogen and oxygen atoms in total. The van der Waals surface area contributed by atoms with E-state index in [4.69, 9.17) is 22.6 Å². The predicted octanol–water partition coefficient (Wildman–Crippen LogP) is 2.41. The van der Waals surface area contributed by atoms with E-state index in [-0.39, 0.29) is 12.5 Å². The Hall–Kier alpha value is -0.630. The summed E-state index contributed by atoms with van der Waals surface area (Å²) in [6, 6.07) is 3.34. The number of halogens is 2. The van der Waals surface area contributed by atoms with Gasteiger partial charge in [-0.1, -0.05) is 11.6 Å². The zero-order valence-corrected chi connectivity index (χ0v) is 9.01. The van der Waals surface area contributed by atoms with Gasteiger partial charge in [-0.15, -0.1) is 0 Å². The summed E-state index contributed by atoms with van der Waals surface area (Å²) < 4.78 is 0.777. The van der Waals surface area contributed by atoms with Crippen LogP contribution in [0.4, 0.5) is 0 Å². The van der Waals surface area contributed by atoms with Gasteiger partial charge < -0.3 is 5.73 Å². The lowest BCUT2D eigenvalue weighted by Crippen LogP contribution is -2.10. The molecular formula is C8H7BrClN3. The zero-order chi connectivity index (χ0) is 9.84. The molecule has 5 heteroatoms. The average molecular weight is 261 g/mol. The van der Waals surface area contributed by atoms with E-state index in [0.717, 1.165) is 10.0 Å². The first-order chi connectivity index (χ1) is 6.15. The van der Waals surface area contributed by atoms with Crippen LogP contribution in [0.25, 0.3) is 0 Å². The minimum atomic E-state index is -0.320. The molecule has 0 fully saturated rings. The van der Waals surface area contributed by atoms with Gasteiger partial charge in [0.1, 0.15) is 5.15 Å². The number of nitrogens with zero attached hydrogens (tertiary/aromatic N) is 2. The van der Waals surface area contributed by atoms with Crippen molar-refractivity contribution in [2.45, 2.75) is 12.5 Å². The Kier molecular flexibility index (Phi) is 3.67. The summed E-state index contributed by atoms with van der Waals surface area (Å²) in [5.74, 6) is 0. The Balaban J connectivity index is 3.00. The monoisotopic (exact) mass is 259 g/mol. The fourth-order valence-electron chi connectivity index (χ4n) is 0.920. The lowest BCUT2D eigenvalue weighted by atomic mass is 10.1. The minimum Gasteiger partial charge on any atom is -0.323 e. The molecule has 1 unspecified atom stereocenters. The molecule has 0 bridgehead atoms. The number of hydrogen-bond acceptors (Lipinski definition) is 3. The molecule has 0 amide bonds. The van der Waals surface area contributed by atoms with E-state index in [9.17, 15) is 0 Å². The molecule has 0 aliphatic heterocycles. The maximum atomic E-state index is 8.46. The van der Waals surface area contributed by atoms with Crippen molar-refractivity contribution in [1.29, 1.82) is 5.26 Å². The van der Waals surface area contributed by atoms with E-state index in [1.165, 1.54) is 0 Å².